The zero-order valence-electron chi connectivity index (χ0n) is 14.0. The third-order valence-corrected chi connectivity index (χ3v) is 3.55. The van der Waals surface area contributed by atoms with E-state index in [-0.39, 0.29) is 12.5 Å². The van der Waals surface area contributed by atoms with Crippen LogP contribution >= 0.6 is 0 Å². The van der Waals surface area contributed by atoms with E-state index >= 15 is 0 Å². The summed E-state index contributed by atoms with van der Waals surface area (Å²) in [5.74, 6) is -3.43. The molecule has 7 N–H and O–H groups in total. The number of hydrogen-bond acceptors (Lipinski definition) is 6. The van der Waals surface area contributed by atoms with Crippen LogP contribution in [0.3, 0.4) is 0 Å². The molecule has 0 radical (unpaired) electrons. The highest BCUT2D eigenvalue weighted by Gasteiger charge is 2.29. The van der Waals surface area contributed by atoms with Crippen LogP contribution in [0, 0.1) is 5.92 Å². The van der Waals surface area contributed by atoms with E-state index in [1.54, 1.807) is 6.92 Å². The SMILES string of the molecule is CCC(C)C(NC(=O)CN)C(=O)NC(C)C(=O)NC(CO)C(=O)O. The van der Waals surface area contributed by atoms with Gasteiger partial charge in [0.2, 0.25) is 17.7 Å². The van der Waals surface area contributed by atoms with Gasteiger partial charge in [-0.3, -0.25) is 14.4 Å². The number of rotatable bonds is 10. The second kappa shape index (κ2) is 10.6. The molecule has 0 aliphatic carbocycles. The molecule has 0 aliphatic rings. The van der Waals surface area contributed by atoms with Crippen molar-refractivity contribution in [3.63, 3.8) is 0 Å². The molecule has 0 saturated heterocycles. The number of carboxylic acid groups (broad SMARTS) is 1. The topological polar surface area (TPSA) is 171 Å². The number of carboxylic acids is 1. The Bertz CT molecular complexity index is 470. The number of aliphatic hydroxyl groups is 1. The molecule has 10 nitrogen and oxygen atoms in total. The third kappa shape index (κ3) is 6.92. The van der Waals surface area contributed by atoms with E-state index in [9.17, 15) is 19.2 Å². The molecule has 0 spiro atoms. The Kier molecular flexibility index (Phi) is 9.58. The number of hydrogen-bond donors (Lipinski definition) is 6. The number of aliphatic carboxylic acids is 1. The first-order chi connectivity index (χ1) is 11.2. The van der Waals surface area contributed by atoms with Crippen molar-refractivity contribution in [2.45, 2.75) is 45.3 Å². The second-order valence-electron chi connectivity index (χ2n) is 5.45. The highest BCUT2D eigenvalue weighted by molar-refractivity contribution is 5.93. The maximum Gasteiger partial charge on any atom is 0.328 e. The largest absolute Gasteiger partial charge is 0.480 e. The van der Waals surface area contributed by atoms with E-state index in [0.29, 0.717) is 6.42 Å². The molecule has 0 heterocycles. The average molecular weight is 346 g/mol. The van der Waals surface area contributed by atoms with Gasteiger partial charge < -0.3 is 31.9 Å². The second-order valence-corrected chi connectivity index (χ2v) is 5.45. The zero-order chi connectivity index (χ0) is 18.9. The van der Waals surface area contributed by atoms with Crippen LogP contribution in [0.15, 0.2) is 0 Å². The van der Waals surface area contributed by atoms with Gasteiger partial charge in [-0.15, -0.1) is 0 Å². The van der Waals surface area contributed by atoms with Crippen LogP contribution < -0.4 is 21.7 Å². The van der Waals surface area contributed by atoms with Crippen LogP contribution in [0.4, 0.5) is 0 Å². The zero-order valence-corrected chi connectivity index (χ0v) is 14.0. The summed E-state index contributed by atoms with van der Waals surface area (Å²) >= 11 is 0. The van der Waals surface area contributed by atoms with Gasteiger partial charge in [0.25, 0.3) is 0 Å². The molecule has 24 heavy (non-hydrogen) atoms. The first-order valence-electron chi connectivity index (χ1n) is 7.61. The molecule has 4 atom stereocenters. The minimum absolute atomic E-state index is 0.194. The van der Waals surface area contributed by atoms with Crippen molar-refractivity contribution in [3.05, 3.63) is 0 Å². The van der Waals surface area contributed by atoms with Crippen molar-refractivity contribution in [1.82, 2.24) is 16.0 Å². The molecule has 0 rings (SSSR count). The summed E-state index contributed by atoms with van der Waals surface area (Å²) in [6.45, 7) is 3.92. The van der Waals surface area contributed by atoms with E-state index in [1.807, 2.05) is 6.92 Å². The first kappa shape index (κ1) is 21.8. The van der Waals surface area contributed by atoms with E-state index in [4.69, 9.17) is 15.9 Å². The number of carbonyl (C=O) groups excluding carboxylic acids is 3. The van der Waals surface area contributed by atoms with Crippen molar-refractivity contribution < 1.29 is 29.4 Å². The van der Waals surface area contributed by atoms with Crippen molar-refractivity contribution in [3.8, 4) is 0 Å². The summed E-state index contributed by atoms with van der Waals surface area (Å²) in [7, 11) is 0. The van der Waals surface area contributed by atoms with E-state index in [1.165, 1.54) is 6.92 Å². The lowest BCUT2D eigenvalue weighted by Crippen LogP contribution is -2.57. The van der Waals surface area contributed by atoms with Crippen LogP contribution in [0.25, 0.3) is 0 Å². The highest BCUT2D eigenvalue weighted by Crippen LogP contribution is 2.08. The van der Waals surface area contributed by atoms with Crippen LogP contribution in [0.2, 0.25) is 0 Å². The van der Waals surface area contributed by atoms with Crippen LogP contribution in [0.1, 0.15) is 27.2 Å². The lowest BCUT2D eigenvalue weighted by Gasteiger charge is -2.25. The number of amides is 3. The smallest absolute Gasteiger partial charge is 0.328 e. The van der Waals surface area contributed by atoms with Gasteiger partial charge in [0.05, 0.1) is 13.2 Å². The van der Waals surface area contributed by atoms with E-state index in [2.05, 4.69) is 16.0 Å². The van der Waals surface area contributed by atoms with Gasteiger partial charge in [-0.25, -0.2) is 4.79 Å². The predicted molar refractivity (Wildman–Crippen MR) is 84.7 cm³/mol. The van der Waals surface area contributed by atoms with Crippen LogP contribution in [-0.2, 0) is 19.2 Å². The normalized spacial score (nSPS) is 15.5. The molecule has 0 aromatic rings. The number of nitrogens with one attached hydrogen (secondary N) is 3. The molecule has 138 valence electrons. The van der Waals surface area contributed by atoms with Crippen molar-refractivity contribution in [2.75, 3.05) is 13.2 Å². The number of aliphatic hydroxyl groups excluding tert-OH is 1. The minimum atomic E-state index is -1.46. The molecule has 0 saturated carbocycles. The Morgan fingerprint density at radius 2 is 1.62 bits per heavy atom. The molecule has 0 aromatic carbocycles. The molecule has 0 bridgehead atoms. The fraction of sp³-hybridized carbons (Fsp3) is 0.714. The lowest BCUT2D eigenvalue weighted by atomic mass is 9.98. The standard InChI is InChI=1S/C14H26N4O6/c1-4-7(2)11(18-10(20)5-15)13(22)16-8(3)12(21)17-9(6-19)14(23)24/h7-9,11,19H,4-6,15H2,1-3H3,(H,16,22)(H,17,21)(H,18,20)(H,23,24). The summed E-state index contributed by atoms with van der Waals surface area (Å²) in [5, 5.41) is 24.7. The Morgan fingerprint density at radius 3 is 2.04 bits per heavy atom. The third-order valence-electron chi connectivity index (χ3n) is 3.55. The maximum absolute atomic E-state index is 12.3. The van der Waals surface area contributed by atoms with E-state index < -0.39 is 48.4 Å². The fourth-order valence-electron chi connectivity index (χ4n) is 1.79. The van der Waals surface area contributed by atoms with Crippen molar-refractivity contribution in [1.29, 1.82) is 0 Å². The first-order valence-corrected chi connectivity index (χ1v) is 7.61. The Labute approximate surface area is 140 Å². The van der Waals surface area contributed by atoms with Gasteiger partial charge in [0.15, 0.2) is 0 Å². The summed E-state index contributed by atoms with van der Waals surface area (Å²) in [5.41, 5.74) is 5.22. The Morgan fingerprint density at radius 1 is 1.04 bits per heavy atom. The van der Waals surface area contributed by atoms with Crippen molar-refractivity contribution in [2.24, 2.45) is 11.7 Å². The van der Waals surface area contributed by atoms with Gasteiger partial charge >= 0.3 is 5.97 Å². The molecule has 0 aliphatic heterocycles. The quantitative estimate of drug-likeness (QED) is 0.255. The van der Waals surface area contributed by atoms with Crippen molar-refractivity contribution >= 4 is 23.7 Å². The molecule has 0 aromatic heterocycles. The number of carbonyl (C=O) groups is 4. The fourth-order valence-corrected chi connectivity index (χ4v) is 1.79. The average Bonchev–Trinajstić information content (AvgIpc) is 2.55. The summed E-state index contributed by atoms with van der Waals surface area (Å²) < 4.78 is 0. The number of nitrogens with two attached hydrogens (primary N) is 1. The summed E-state index contributed by atoms with van der Waals surface area (Å²) in [6, 6.07) is -3.37. The Balaban J connectivity index is 4.86. The molecule has 3 amide bonds. The Hall–Kier alpha value is -2.20. The maximum atomic E-state index is 12.3. The molecule has 4 unspecified atom stereocenters. The predicted octanol–water partition coefficient (Wildman–Crippen LogP) is -2.46. The summed E-state index contributed by atoms with van der Waals surface area (Å²) in [4.78, 5) is 46.4. The molecule has 0 fully saturated rings. The van der Waals surface area contributed by atoms with Gasteiger partial charge in [-0.05, 0) is 12.8 Å². The summed E-state index contributed by atoms with van der Waals surface area (Å²) in [6.07, 6.45) is 0.606. The van der Waals surface area contributed by atoms with E-state index in [0.717, 1.165) is 0 Å². The molecular weight excluding hydrogens is 320 g/mol. The van der Waals surface area contributed by atoms with Gasteiger partial charge in [-0.2, -0.15) is 0 Å². The highest BCUT2D eigenvalue weighted by atomic mass is 16.4. The lowest BCUT2D eigenvalue weighted by molar-refractivity contribution is -0.143. The molecule has 10 heteroatoms. The van der Waals surface area contributed by atoms with Gasteiger partial charge in [0.1, 0.15) is 18.1 Å². The van der Waals surface area contributed by atoms with Gasteiger partial charge in [0, 0.05) is 0 Å². The van der Waals surface area contributed by atoms with Crippen LogP contribution in [-0.4, -0.2) is 65.2 Å². The monoisotopic (exact) mass is 346 g/mol. The minimum Gasteiger partial charge on any atom is -0.480 e. The van der Waals surface area contributed by atoms with Crippen LogP contribution in [0.5, 0.6) is 0 Å². The van der Waals surface area contributed by atoms with Gasteiger partial charge in [-0.1, -0.05) is 20.3 Å². The molecular formula is C14H26N4O6.